The average molecular weight is 1120 g/mol. The van der Waals surface area contributed by atoms with Gasteiger partial charge < -0.3 is 20.1 Å². The van der Waals surface area contributed by atoms with Crippen LogP contribution in [-0.2, 0) is 62.9 Å². The zero-order chi connectivity index (χ0) is 41.4. The van der Waals surface area contributed by atoms with Crippen LogP contribution in [0.2, 0.25) is 0 Å². The molecule has 2 fully saturated rings. The first kappa shape index (κ1) is 54.5. The number of carbonyl (C=O) groups is 7. The summed E-state index contributed by atoms with van der Waals surface area (Å²) in [5, 5.41) is 2.91. The van der Waals surface area contributed by atoms with Crippen LogP contribution in [0.3, 0.4) is 0 Å². The number of ketones is 2. The Bertz CT molecular complexity index is 1940. The third kappa shape index (κ3) is 15.6. The lowest BCUT2D eigenvalue weighted by Crippen LogP contribution is -2.52. The molecule has 1 saturated heterocycles. The number of piperidine rings is 1. The number of ether oxygens (including phenoxy) is 2. The molecule has 2 aliphatic heterocycles. The Balaban J connectivity index is 0.000000739. The number of carbonyl (C=O) groups excluding carboxylic acids is 7. The molecule has 1 aliphatic carbocycles. The first-order chi connectivity index (χ1) is 26.1. The minimum Gasteiger partial charge on any atom is -0.465 e. The number of Topliss-reactive ketones (excluding diaryl/α,β-unsaturated/α-hetero) is 2. The van der Waals surface area contributed by atoms with Crippen LogP contribution in [-0.4, -0.2) is 72.4 Å². The number of amides is 3. The molecule has 3 aromatic rings. The maximum Gasteiger partial charge on any atom is 0.338 e. The Morgan fingerprint density at radius 2 is 1.39 bits per heavy atom. The zero-order valence-electron chi connectivity index (χ0n) is 30.7. The molecule has 2 heterocycles. The number of nitrogens with zero attached hydrogens (tertiary/aromatic N) is 1. The minimum atomic E-state index is -0.551. The van der Waals surface area contributed by atoms with Gasteiger partial charge in [0.2, 0.25) is 11.8 Å². The Kier molecular flexibility index (Phi) is 26.1. The Hall–Kier alpha value is -2.49. The summed E-state index contributed by atoms with van der Waals surface area (Å²) < 4.78 is 12.0. The predicted molar refractivity (Wildman–Crippen MR) is 243 cm³/mol. The number of rotatable bonds is 4. The summed E-state index contributed by atoms with van der Waals surface area (Å²) in [5.74, 6) is -1.48. The lowest BCUT2D eigenvalue weighted by molar-refractivity contribution is -0.137. The molecular formula is C37H40Br4ClN3O9S3. The molecule has 12 nitrogen and oxygen atoms in total. The maximum absolute atomic E-state index is 12.3. The van der Waals surface area contributed by atoms with Crippen molar-refractivity contribution in [2.24, 2.45) is 5.73 Å². The number of nitrogens with two attached hydrogens (primary N) is 1. The molecule has 0 spiro atoms. The highest BCUT2D eigenvalue weighted by Crippen LogP contribution is 2.32. The van der Waals surface area contributed by atoms with Gasteiger partial charge in [0.05, 0.1) is 37.8 Å². The molecule has 6 rings (SSSR count). The van der Waals surface area contributed by atoms with Crippen molar-refractivity contribution in [3.05, 3.63) is 101 Å². The SMILES string of the molecule is COC(=O)c1cccc(Br)c1C.COC(=O)c1cccc(Br)c1CBr.Cl.NC1CCC(=O)CC1=O.O=C1CCC(N2Cc3c(Br)cccc3C2=O)C(=O)N1.S.S=S. The van der Waals surface area contributed by atoms with E-state index in [-0.39, 0.29) is 86.0 Å². The fourth-order valence-electron chi connectivity index (χ4n) is 5.37. The van der Waals surface area contributed by atoms with Crippen molar-refractivity contribution in [1.29, 1.82) is 0 Å². The number of alkyl halides is 1. The molecule has 3 aliphatic rings. The summed E-state index contributed by atoms with van der Waals surface area (Å²) in [6, 6.07) is 15.4. The molecule has 3 aromatic carbocycles. The number of hydrogen-bond donors (Lipinski definition) is 2. The van der Waals surface area contributed by atoms with Crippen LogP contribution in [0.5, 0.6) is 0 Å². The molecule has 0 aromatic heterocycles. The second-order valence-corrected chi connectivity index (χ2v) is 14.9. The van der Waals surface area contributed by atoms with Crippen LogP contribution in [0.1, 0.15) is 79.9 Å². The standard InChI is InChI=1S/C13H11BrN2O3.C9H8Br2O2.C9H9BrO2.C6H9NO2.ClH.S2.H2S/c14-9-3-1-2-7-8(9)6-16(13(7)19)10-4-5-11(17)15-12(10)18;1-13-9(12)6-3-2-4-8(11)7(6)5-10;1-6-7(9(11)12-2)4-3-5-8(6)10;7-5-2-1-4(8)3-6(5)9;;1-2;/h1-3,10H,4-6H2,(H,15,17,18);2-4H,5H2,1H3;3-5H,1-2H3;5H,1-3,7H2;1H;;1H2. The highest BCUT2D eigenvalue weighted by atomic mass is 79.9. The van der Waals surface area contributed by atoms with E-state index in [9.17, 15) is 33.6 Å². The summed E-state index contributed by atoms with van der Waals surface area (Å²) in [4.78, 5) is 80.5. The van der Waals surface area contributed by atoms with E-state index in [1.54, 1.807) is 24.3 Å². The van der Waals surface area contributed by atoms with Crippen molar-refractivity contribution < 1.29 is 43.0 Å². The van der Waals surface area contributed by atoms with Crippen LogP contribution in [0.25, 0.3) is 0 Å². The summed E-state index contributed by atoms with van der Waals surface area (Å²) in [5.41, 5.74) is 9.88. The van der Waals surface area contributed by atoms with Gasteiger partial charge in [-0.05, 0) is 72.9 Å². The van der Waals surface area contributed by atoms with E-state index in [1.807, 2.05) is 37.3 Å². The van der Waals surface area contributed by atoms with Crippen molar-refractivity contribution in [2.45, 2.75) is 63.0 Å². The average Bonchev–Trinajstić information content (AvgIpc) is 3.51. The van der Waals surface area contributed by atoms with Crippen LogP contribution < -0.4 is 11.1 Å². The number of nitrogens with one attached hydrogen (secondary N) is 1. The van der Waals surface area contributed by atoms with Crippen LogP contribution in [0.15, 0.2) is 68.0 Å². The first-order valence-corrected chi connectivity index (χ1v) is 21.1. The normalized spacial score (nSPS) is 16.4. The molecule has 20 heteroatoms. The van der Waals surface area contributed by atoms with Crippen molar-refractivity contribution in [1.82, 2.24) is 10.2 Å². The van der Waals surface area contributed by atoms with Crippen molar-refractivity contribution in [3.63, 3.8) is 0 Å². The molecule has 2 atom stereocenters. The highest BCUT2D eigenvalue weighted by Gasteiger charge is 2.39. The molecular weight excluding hydrogens is 1080 g/mol. The second kappa shape index (κ2) is 27.3. The lowest BCUT2D eigenvalue weighted by Gasteiger charge is -2.29. The molecule has 2 unspecified atom stereocenters. The van der Waals surface area contributed by atoms with Gasteiger partial charge in [-0.25, -0.2) is 9.59 Å². The van der Waals surface area contributed by atoms with Gasteiger partial charge in [-0.3, -0.25) is 29.3 Å². The molecule has 0 radical (unpaired) electrons. The van der Waals surface area contributed by atoms with Gasteiger partial charge in [0, 0.05) is 66.1 Å². The zero-order valence-corrected chi connectivity index (χ0v) is 40.5. The van der Waals surface area contributed by atoms with E-state index < -0.39 is 6.04 Å². The third-order valence-corrected chi connectivity index (χ3v) is 11.3. The van der Waals surface area contributed by atoms with Crippen LogP contribution >= 0.6 is 89.6 Å². The number of fused-ring (bicyclic) bond motifs is 1. The summed E-state index contributed by atoms with van der Waals surface area (Å²) >= 11 is 20.8. The molecule has 1 saturated carbocycles. The fraction of sp³-hybridized carbons (Fsp3) is 0.324. The monoisotopic (exact) mass is 1120 g/mol. The van der Waals surface area contributed by atoms with Crippen LogP contribution in [0, 0.1) is 6.92 Å². The molecule has 57 heavy (non-hydrogen) atoms. The number of benzene rings is 3. The van der Waals surface area contributed by atoms with Crippen LogP contribution in [0.4, 0.5) is 0 Å². The highest BCUT2D eigenvalue weighted by molar-refractivity contribution is 9.11. The van der Waals surface area contributed by atoms with Gasteiger partial charge in [-0.1, -0.05) is 81.9 Å². The molecule has 0 bridgehead atoms. The first-order valence-electron chi connectivity index (χ1n) is 16.3. The third-order valence-electron chi connectivity index (χ3n) is 8.37. The van der Waals surface area contributed by atoms with E-state index >= 15 is 0 Å². The van der Waals surface area contributed by atoms with E-state index in [0.29, 0.717) is 47.8 Å². The largest absolute Gasteiger partial charge is 0.465 e. The Morgan fingerprint density at radius 3 is 1.91 bits per heavy atom. The number of hydrogen-bond acceptors (Lipinski definition) is 12. The smallest absolute Gasteiger partial charge is 0.338 e. The van der Waals surface area contributed by atoms with Gasteiger partial charge in [0.15, 0.2) is 5.78 Å². The Morgan fingerprint density at radius 1 is 0.842 bits per heavy atom. The number of imide groups is 1. The molecule has 3 N–H and O–H groups in total. The predicted octanol–water partition coefficient (Wildman–Crippen LogP) is 7.05. The van der Waals surface area contributed by atoms with E-state index in [4.69, 9.17) is 5.73 Å². The lowest BCUT2D eigenvalue weighted by atomic mass is 9.94. The summed E-state index contributed by atoms with van der Waals surface area (Å²) in [6.45, 7) is 2.28. The van der Waals surface area contributed by atoms with Crippen molar-refractivity contribution in [2.75, 3.05) is 14.2 Å². The number of esters is 2. The molecule has 310 valence electrons. The van der Waals surface area contributed by atoms with Crippen molar-refractivity contribution >= 4 is 153 Å². The van der Waals surface area contributed by atoms with Gasteiger partial charge >= 0.3 is 11.9 Å². The van der Waals surface area contributed by atoms with Gasteiger partial charge in [-0.15, -0.1) is 12.4 Å². The summed E-state index contributed by atoms with van der Waals surface area (Å²) in [6.07, 6.45) is 1.74. The van der Waals surface area contributed by atoms with Crippen molar-refractivity contribution in [3.8, 4) is 0 Å². The number of halogens is 5. The Labute approximate surface area is 387 Å². The van der Waals surface area contributed by atoms with E-state index in [1.165, 1.54) is 19.1 Å². The quantitative estimate of drug-likeness (QED) is 0.118. The number of methoxy groups -OCH3 is 2. The molecule has 3 amide bonds. The van der Waals surface area contributed by atoms with E-state index in [2.05, 4.69) is 101 Å². The fourth-order valence-corrected chi connectivity index (χ4v) is 7.72. The summed E-state index contributed by atoms with van der Waals surface area (Å²) in [7, 11) is 2.75. The van der Waals surface area contributed by atoms with Gasteiger partial charge in [-0.2, -0.15) is 13.5 Å². The maximum atomic E-state index is 12.3. The minimum absolute atomic E-state index is 0. The van der Waals surface area contributed by atoms with E-state index in [0.717, 1.165) is 30.1 Å². The second-order valence-electron chi connectivity index (χ2n) is 11.8. The topological polar surface area (TPSA) is 179 Å². The van der Waals surface area contributed by atoms with Gasteiger partial charge in [0.1, 0.15) is 11.8 Å². The van der Waals surface area contributed by atoms with Gasteiger partial charge in [0.25, 0.3) is 5.91 Å².